The van der Waals surface area contributed by atoms with Crippen molar-refractivity contribution < 1.29 is 0 Å². The quantitative estimate of drug-likeness (QED) is 0.444. The van der Waals surface area contributed by atoms with E-state index in [1.165, 1.54) is 16.3 Å². The lowest BCUT2D eigenvalue weighted by molar-refractivity contribution is 0.873. The topological polar surface area (TPSA) is 40.5 Å². The molecule has 0 saturated heterocycles. The number of nitrogens with one attached hydrogen (secondary N) is 1. The highest BCUT2D eigenvalue weighted by Crippen LogP contribution is 2.27. The van der Waals surface area contributed by atoms with Crippen LogP contribution in [0.15, 0.2) is 34.6 Å². The molecule has 2 aromatic rings. The number of fused-ring (bicyclic) bond motifs is 1. The van der Waals surface area contributed by atoms with Crippen molar-refractivity contribution in [3.8, 4) is 0 Å². The molecule has 0 radical (unpaired) electrons. The predicted molar refractivity (Wildman–Crippen MR) is 109 cm³/mol. The maximum absolute atomic E-state index is 4.79. The van der Waals surface area contributed by atoms with Gasteiger partial charge in [-0.05, 0) is 31.4 Å². The van der Waals surface area contributed by atoms with E-state index in [4.69, 9.17) is 4.99 Å². The largest absolute Gasteiger partial charge is 0.356 e. The third-order valence-corrected chi connectivity index (χ3v) is 4.81. The third-order valence-electron chi connectivity index (χ3n) is 3.77. The van der Waals surface area contributed by atoms with Crippen molar-refractivity contribution in [2.45, 2.75) is 33.2 Å². The van der Waals surface area contributed by atoms with Crippen LogP contribution in [0.3, 0.4) is 0 Å². The zero-order valence-electron chi connectivity index (χ0n) is 13.6. The van der Waals surface area contributed by atoms with Gasteiger partial charge in [-0.25, -0.2) is 9.98 Å². The summed E-state index contributed by atoms with van der Waals surface area (Å²) in [6.45, 7) is 6.74. The van der Waals surface area contributed by atoms with Gasteiger partial charge in [-0.2, -0.15) is 0 Å². The average Bonchev–Trinajstić information content (AvgIpc) is 3.18. The molecule has 0 atom stereocenters. The van der Waals surface area contributed by atoms with Crippen LogP contribution in [-0.2, 0) is 19.4 Å². The fraction of sp³-hybridized carbons (Fsp3) is 0.412. The molecule has 0 spiro atoms. The van der Waals surface area contributed by atoms with E-state index < -0.39 is 0 Å². The Kier molecular flexibility index (Phi) is 6.83. The van der Waals surface area contributed by atoms with E-state index in [0.717, 1.165) is 37.6 Å². The molecule has 1 aromatic carbocycles. The molecule has 0 fully saturated rings. The number of rotatable bonds is 4. The Morgan fingerprint density at radius 2 is 2.17 bits per heavy atom. The molecular weight excluding hydrogens is 419 g/mol. The lowest BCUT2D eigenvalue weighted by atomic mass is 10.2. The third kappa shape index (κ3) is 4.23. The van der Waals surface area contributed by atoms with Crippen molar-refractivity contribution in [1.29, 1.82) is 0 Å². The summed E-state index contributed by atoms with van der Waals surface area (Å²) in [5.41, 5.74) is 3.73. The van der Waals surface area contributed by atoms with Crippen LogP contribution in [0.1, 0.15) is 30.1 Å². The average molecular weight is 442 g/mol. The first-order valence-corrected chi connectivity index (χ1v) is 8.76. The van der Waals surface area contributed by atoms with E-state index in [9.17, 15) is 0 Å². The van der Waals surface area contributed by atoms with Crippen molar-refractivity contribution in [2.75, 3.05) is 18.0 Å². The molecule has 0 bridgehead atoms. The van der Waals surface area contributed by atoms with Crippen LogP contribution in [0.25, 0.3) is 0 Å². The number of benzene rings is 1. The maximum Gasteiger partial charge on any atom is 0.198 e. The zero-order valence-corrected chi connectivity index (χ0v) is 16.7. The molecule has 1 aliphatic rings. The number of para-hydroxylation sites is 1. The number of aromatic nitrogens is 1. The summed E-state index contributed by atoms with van der Waals surface area (Å²) in [5, 5.41) is 6.71. The molecule has 2 heterocycles. The number of aliphatic imine (C=N–C) groups is 1. The van der Waals surface area contributed by atoms with Gasteiger partial charge in [0.2, 0.25) is 0 Å². The van der Waals surface area contributed by atoms with Crippen molar-refractivity contribution in [1.82, 2.24) is 10.3 Å². The van der Waals surface area contributed by atoms with Crippen LogP contribution in [0.4, 0.5) is 5.69 Å². The van der Waals surface area contributed by atoms with Gasteiger partial charge in [0.25, 0.3) is 0 Å². The van der Waals surface area contributed by atoms with Gasteiger partial charge in [0.05, 0.1) is 17.2 Å². The molecule has 0 aliphatic carbocycles. The Hall–Kier alpha value is -1.15. The van der Waals surface area contributed by atoms with Gasteiger partial charge in [-0.15, -0.1) is 35.3 Å². The molecule has 0 saturated carbocycles. The fourth-order valence-corrected chi connectivity index (χ4v) is 3.43. The van der Waals surface area contributed by atoms with E-state index in [2.05, 4.69) is 58.7 Å². The monoisotopic (exact) mass is 442 g/mol. The second-order valence-electron chi connectivity index (χ2n) is 5.29. The number of aryl methyl sites for hydroxylation is 1. The molecule has 23 heavy (non-hydrogen) atoms. The van der Waals surface area contributed by atoms with Crippen LogP contribution < -0.4 is 10.2 Å². The second-order valence-corrected chi connectivity index (χ2v) is 6.23. The van der Waals surface area contributed by atoms with Gasteiger partial charge in [0.1, 0.15) is 0 Å². The summed E-state index contributed by atoms with van der Waals surface area (Å²) in [4.78, 5) is 11.7. The van der Waals surface area contributed by atoms with Gasteiger partial charge in [0, 0.05) is 24.2 Å². The smallest absolute Gasteiger partial charge is 0.198 e. The van der Waals surface area contributed by atoms with Crippen molar-refractivity contribution >= 4 is 47.0 Å². The molecular formula is C17H23IN4S. The Bertz CT molecular complexity index is 668. The normalized spacial score (nSPS) is 13.7. The highest BCUT2D eigenvalue weighted by Gasteiger charge is 2.22. The van der Waals surface area contributed by atoms with E-state index >= 15 is 0 Å². The van der Waals surface area contributed by atoms with Crippen molar-refractivity contribution in [2.24, 2.45) is 4.99 Å². The van der Waals surface area contributed by atoms with Crippen molar-refractivity contribution in [3.05, 3.63) is 45.9 Å². The summed E-state index contributed by atoms with van der Waals surface area (Å²) in [6, 6.07) is 8.57. The minimum Gasteiger partial charge on any atom is -0.356 e. The van der Waals surface area contributed by atoms with Gasteiger partial charge in [-0.3, -0.25) is 0 Å². The zero-order chi connectivity index (χ0) is 15.4. The molecule has 4 nitrogen and oxygen atoms in total. The van der Waals surface area contributed by atoms with Gasteiger partial charge in [-0.1, -0.05) is 25.1 Å². The molecule has 0 unspecified atom stereocenters. The predicted octanol–water partition coefficient (Wildman–Crippen LogP) is 3.85. The summed E-state index contributed by atoms with van der Waals surface area (Å²) >= 11 is 1.72. The minimum absolute atomic E-state index is 0. The van der Waals surface area contributed by atoms with Gasteiger partial charge < -0.3 is 10.2 Å². The van der Waals surface area contributed by atoms with Gasteiger partial charge >= 0.3 is 0 Å². The number of thiazole rings is 1. The number of nitrogens with zero attached hydrogens (tertiary/aromatic N) is 3. The van der Waals surface area contributed by atoms with E-state index in [-0.39, 0.29) is 24.0 Å². The highest BCUT2D eigenvalue weighted by molar-refractivity contribution is 14.0. The lowest BCUT2D eigenvalue weighted by Gasteiger charge is -2.22. The summed E-state index contributed by atoms with van der Waals surface area (Å²) in [6.07, 6.45) is 2.07. The van der Waals surface area contributed by atoms with Crippen LogP contribution in [-0.4, -0.2) is 24.0 Å². The first-order valence-electron chi connectivity index (χ1n) is 7.88. The van der Waals surface area contributed by atoms with Crippen LogP contribution in [0, 0.1) is 0 Å². The lowest BCUT2D eigenvalue weighted by Crippen LogP contribution is -2.40. The Balaban J connectivity index is 0.00000192. The van der Waals surface area contributed by atoms with E-state index in [1.807, 2.05) is 0 Å². The number of halogens is 1. The fourth-order valence-electron chi connectivity index (χ4n) is 2.69. The Morgan fingerprint density at radius 1 is 1.35 bits per heavy atom. The Morgan fingerprint density at radius 3 is 2.91 bits per heavy atom. The van der Waals surface area contributed by atoms with E-state index in [0.29, 0.717) is 6.54 Å². The first-order chi connectivity index (χ1) is 10.8. The molecule has 1 N–H and O–H groups in total. The Labute approximate surface area is 159 Å². The summed E-state index contributed by atoms with van der Waals surface area (Å²) in [7, 11) is 0. The maximum atomic E-state index is 4.79. The molecule has 1 aromatic heterocycles. The number of hydrogen-bond acceptors (Lipinski definition) is 3. The summed E-state index contributed by atoms with van der Waals surface area (Å²) < 4.78 is 0. The van der Waals surface area contributed by atoms with Crippen LogP contribution in [0.5, 0.6) is 0 Å². The molecule has 6 heteroatoms. The molecule has 124 valence electrons. The minimum atomic E-state index is 0. The second kappa shape index (κ2) is 8.63. The van der Waals surface area contributed by atoms with Gasteiger partial charge in [0.15, 0.2) is 5.96 Å². The molecule has 1 aliphatic heterocycles. The van der Waals surface area contributed by atoms with Crippen LogP contribution >= 0.6 is 35.3 Å². The molecule has 3 rings (SSSR count). The first kappa shape index (κ1) is 18.2. The standard InChI is InChI=1S/C17H22N4S.HI/c1-3-16-20-14(12-22-16)11-19-17(18-4-2)21-10-9-13-7-5-6-8-15(13)21;/h5-8,12H,3-4,9-11H2,1-2H3,(H,18,19);1H. The number of anilines is 1. The highest BCUT2D eigenvalue weighted by atomic mass is 127. The summed E-state index contributed by atoms with van der Waals surface area (Å²) in [5.74, 6) is 0.957. The SMILES string of the molecule is CCNC(=NCc1csc(CC)n1)N1CCc2ccccc21.I. The number of guanidine groups is 1. The number of hydrogen-bond donors (Lipinski definition) is 1. The van der Waals surface area contributed by atoms with Crippen LogP contribution in [0.2, 0.25) is 0 Å². The van der Waals surface area contributed by atoms with Crippen molar-refractivity contribution in [3.63, 3.8) is 0 Å². The van der Waals surface area contributed by atoms with E-state index in [1.54, 1.807) is 11.3 Å². The molecule has 0 amide bonds.